The van der Waals surface area contributed by atoms with Gasteiger partial charge in [0.1, 0.15) is 24.1 Å². The Balaban J connectivity index is 1.55. The van der Waals surface area contributed by atoms with Crippen molar-refractivity contribution in [3.63, 3.8) is 0 Å². The van der Waals surface area contributed by atoms with Gasteiger partial charge in [-0.25, -0.2) is 8.42 Å². The molecule has 0 aliphatic rings. The molecule has 0 bridgehead atoms. The van der Waals surface area contributed by atoms with Crippen LogP contribution in [0.1, 0.15) is 31.9 Å². The summed E-state index contributed by atoms with van der Waals surface area (Å²) in [5.74, 6) is 0.276. The summed E-state index contributed by atoms with van der Waals surface area (Å²) in [5.41, 5.74) is 1.37. The molecule has 5 aromatic carbocycles. The van der Waals surface area contributed by atoms with Gasteiger partial charge in [-0.1, -0.05) is 97.1 Å². The van der Waals surface area contributed by atoms with Gasteiger partial charge in [-0.3, -0.25) is 13.9 Å². The number of nitrogens with zero attached hydrogens (tertiary/aromatic N) is 2. The van der Waals surface area contributed by atoms with E-state index in [1.165, 1.54) is 17.0 Å². The van der Waals surface area contributed by atoms with Crippen molar-refractivity contribution >= 4 is 27.5 Å². The number of amides is 2. The number of benzene rings is 5. The van der Waals surface area contributed by atoms with E-state index in [0.29, 0.717) is 11.5 Å². The van der Waals surface area contributed by atoms with E-state index in [1.807, 2.05) is 112 Å². The van der Waals surface area contributed by atoms with Crippen molar-refractivity contribution in [2.24, 2.45) is 0 Å². The molecule has 0 radical (unpaired) electrons. The van der Waals surface area contributed by atoms with Gasteiger partial charge in [0.2, 0.25) is 11.8 Å². The summed E-state index contributed by atoms with van der Waals surface area (Å²) in [7, 11) is -4.22. The van der Waals surface area contributed by atoms with E-state index in [0.717, 1.165) is 15.4 Å². The molecule has 8 nitrogen and oxygen atoms in total. The van der Waals surface area contributed by atoms with Crippen LogP contribution in [0, 0.1) is 0 Å². The number of carbonyl (C=O) groups is 2. The maximum absolute atomic E-state index is 14.6. The monoisotopic (exact) mass is 675 g/mol. The quantitative estimate of drug-likeness (QED) is 0.142. The Bertz CT molecular complexity index is 1920. The van der Waals surface area contributed by atoms with Gasteiger partial charge in [-0.15, -0.1) is 0 Å². The lowest BCUT2D eigenvalue weighted by Gasteiger charge is -2.35. The fourth-order valence-electron chi connectivity index (χ4n) is 5.34. The fraction of sp³-hybridized carbons (Fsp3) is 0.200. The van der Waals surface area contributed by atoms with E-state index < -0.39 is 34.1 Å². The molecule has 1 atom stereocenters. The van der Waals surface area contributed by atoms with Crippen molar-refractivity contribution in [3.8, 4) is 11.5 Å². The third-order valence-electron chi connectivity index (χ3n) is 7.68. The molecule has 5 aromatic rings. The first-order valence-electron chi connectivity index (χ1n) is 16.1. The van der Waals surface area contributed by atoms with E-state index in [2.05, 4.69) is 5.32 Å². The zero-order valence-electron chi connectivity index (χ0n) is 27.9. The van der Waals surface area contributed by atoms with Crippen LogP contribution in [0.3, 0.4) is 0 Å². The van der Waals surface area contributed by atoms with Gasteiger partial charge in [-0.2, -0.15) is 0 Å². The Morgan fingerprint density at radius 2 is 1.16 bits per heavy atom. The molecule has 2 amide bonds. The van der Waals surface area contributed by atoms with E-state index in [-0.39, 0.29) is 29.5 Å². The van der Waals surface area contributed by atoms with Crippen molar-refractivity contribution in [2.75, 3.05) is 10.8 Å². The van der Waals surface area contributed by atoms with E-state index in [4.69, 9.17) is 4.74 Å². The summed E-state index contributed by atoms with van der Waals surface area (Å²) in [5, 5.41) is 3.05. The van der Waals surface area contributed by atoms with Crippen LogP contribution in [-0.2, 0) is 32.6 Å². The van der Waals surface area contributed by atoms with Crippen molar-refractivity contribution < 1.29 is 22.7 Å². The van der Waals surface area contributed by atoms with Gasteiger partial charge in [-0.05, 0) is 80.4 Å². The van der Waals surface area contributed by atoms with E-state index in [9.17, 15) is 18.0 Å². The molecule has 0 aromatic heterocycles. The van der Waals surface area contributed by atoms with Crippen LogP contribution in [0.5, 0.6) is 11.5 Å². The van der Waals surface area contributed by atoms with Crippen molar-refractivity contribution in [2.45, 2.75) is 50.2 Å². The van der Waals surface area contributed by atoms with Crippen LogP contribution in [0.25, 0.3) is 0 Å². The zero-order valence-corrected chi connectivity index (χ0v) is 28.7. The van der Waals surface area contributed by atoms with Gasteiger partial charge < -0.3 is 15.0 Å². The summed E-state index contributed by atoms with van der Waals surface area (Å²) >= 11 is 0. The van der Waals surface area contributed by atoms with Gasteiger partial charge in [0, 0.05) is 18.5 Å². The summed E-state index contributed by atoms with van der Waals surface area (Å²) in [6.45, 7) is 5.20. The minimum Gasteiger partial charge on any atom is -0.457 e. The second-order valence-corrected chi connectivity index (χ2v) is 14.5. The van der Waals surface area contributed by atoms with Crippen LogP contribution in [-0.4, -0.2) is 43.3 Å². The number of ether oxygens (including phenoxy) is 1. The number of anilines is 1. The predicted octanol–water partition coefficient (Wildman–Crippen LogP) is 7.23. The Morgan fingerprint density at radius 1 is 0.673 bits per heavy atom. The Morgan fingerprint density at radius 3 is 1.71 bits per heavy atom. The first-order valence-corrected chi connectivity index (χ1v) is 17.5. The topological polar surface area (TPSA) is 96.0 Å². The molecule has 1 unspecified atom stereocenters. The van der Waals surface area contributed by atoms with Crippen LogP contribution in [0.2, 0.25) is 0 Å². The summed E-state index contributed by atoms with van der Waals surface area (Å²) in [6.07, 6.45) is 0.234. The number of rotatable bonds is 13. The molecule has 49 heavy (non-hydrogen) atoms. The van der Waals surface area contributed by atoms with Crippen LogP contribution >= 0.6 is 0 Å². The molecular weight excluding hydrogens is 635 g/mol. The molecule has 252 valence electrons. The molecule has 0 heterocycles. The highest BCUT2D eigenvalue weighted by Crippen LogP contribution is 2.29. The van der Waals surface area contributed by atoms with Crippen LogP contribution < -0.4 is 14.4 Å². The minimum atomic E-state index is -4.22. The normalized spacial score (nSPS) is 12.1. The van der Waals surface area contributed by atoms with E-state index in [1.54, 1.807) is 42.5 Å². The highest BCUT2D eigenvalue weighted by molar-refractivity contribution is 7.92. The summed E-state index contributed by atoms with van der Waals surface area (Å²) in [4.78, 5) is 30.2. The summed E-state index contributed by atoms with van der Waals surface area (Å²) in [6, 6.07) is 41.7. The molecule has 0 aliphatic heterocycles. The lowest BCUT2D eigenvalue weighted by atomic mass is 10.0. The number of hydrogen-bond donors (Lipinski definition) is 1. The van der Waals surface area contributed by atoms with Gasteiger partial charge in [0.25, 0.3) is 10.0 Å². The number of hydrogen-bond acceptors (Lipinski definition) is 5. The Hall–Kier alpha value is -5.41. The molecule has 0 saturated carbocycles. The van der Waals surface area contributed by atoms with Crippen LogP contribution in [0.15, 0.2) is 150 Å². The highest BCUT2D eigenvalue weighted by atomic mass is 32.2. The SMILES string of the molecule is CC(C)(C)NC(=O)C(Cc1ccccc1)N(Cc1ccccc1)C(=O)CN(c1ccc(Oc2ccccc2)cc1)S(=O)(=O)c1ccccc1. The standard InChI is InChI=1S/C40H41N3O5S/c1-40(2,3)41-39(45)37(28-31-16-8-4-9-17-31)42(29-32-18-10-5-11-19-32)38(44)30-43(49(46,47)36-22-14-7-15-23-36)33-24-26-35(27-25-33)48-34-20-12-6-13-21-34/h4-27,37H,28-30H2,1-3H3,(H,41,45). The summed E-state index contributed by atoms with van der Waals surface area (Å²) < 4.78 is 35.5. The average Bonchev–Trinajstić information content (AvgIpc) is 3.10. The molecule has 1 N–H and O–H groups in total. The molecule has 9 heteroatoms. The average molecular weight is 676 g/mol. The first kappa shape index (κ1) is 34.9. The third-order valence-corrected chi connectivity index (χ3v) is 9.47. The number of carbonyl (C=O) groups excluding carboxylic acids is 2. The molecule has 0 spiro atoms. The van der Waals surface area contributed by atoms with Crippen molar-refractivity contribution in [1.82, 2.24) is 10.2 Å². The second kappa shape index (κ2) is 15.7. The van der Waals surface area contributed by atoms with Crippen molar-refractivity contribution in [1.29, 1.82) is 0 Å². The minimum absolute atomic E-state index is 0.0355. The number of para-hydroxylation sites is 1. The largest absolute Gasteiger partial charge is 0.457 e. The molecule has 0 saturated heterocycles. The second-order valence-electron chi connectivity index (χ2n) is 12.7. The lowest BCUT2D eigenvalue weighted by molar-refractivity contribution is -0.140. The van der Waals surface area contributed by atoms with Crippen LogP contribution in [0.4, 0.5) is 5.69 Å². The zero-order chi connectivity index (χ0) is 34.9. The Kier molecular flexibility index (Phi) is 11.2. The first-order chi connectivity index (χ1) is 23.5. The maximum Gasteiger partial charge on any atom is 0.264 e. The Labute approximate surface area is 289 Å². The van der Waals surface area contributed by atoms with E-state index >= 15 is 0 Å². The fourth-order valence-corrected chi connectivity index (χ4v) is 6.78. The molecule has 5 rings (SSSR count). The third kappa shape index (κ3) is 9.58. The highest BCUT2D eigenvalue weighted by Gasteiger charge is 2.35. The predicted molar refractivity (Wildman–Crippen MR) is 193 cm³/mol. The van der Waals surface area contributed by atoms with Gasteiger partial charge in [0.15, 0.2) is 0 Å². The van der Waals surface area contributed by atoms with Gasteiger partial charge >= 0.3 is 0 Å². The lowest BCUT2D eigenvalue weighted by Crippen LogP contribution is -2.56. The number of nitrogens with one attached hydrogen (secondary N) is 1. The molecule has 0 aliphatic carbocycles. The maximum atomic E-state index is 14.6. The number of sulfonamides is 1. The van der Waals surface area contributed by atoms with Gasteiger partial charge in [0.05, 0.1) is 10.6 Å². The molecule has 0 fully saturated rings. The van der Waals surface area contributed by atoms with Crippen molar-refractivity contribution in [3.05, 3.63) is 157 Å². The smallest absolute Gasteiger partial charge is 0.264 e. The molecular formula is C40H41N3O5S.